The average molecular weight is 1800 g/mol. The fourth-order valence-corrected chi connectivity index (χ4v) is 17.2. The number of fused-ring (bicyclic) bond motifs is 8. The molecular weight excluding hydrogens is 1680 g/mol. The van der Waals surface area contributed by atoms with Gasteiger partial charge in [0.2, 0.25) is 0 Å². The van der Waals surface area contributed by atoms with Crippen molar-refractivity contribution in [1.82, 2.24) is 86.1 Å². The number of pyridine rings is 8. The Hall–Kier alpha value is -13.7. The lowest BCUT2D eigenvalue weighted by molar-refractivity contribution is 0.0685. The lowest BCUT2D eigenvalue weighted by atomic mass is 9.84. The van der Waals surface area contributed by atoms with Crippen LogP contribution in [0.1, 0.15) is 100 Å². The van der Waals surface area contributed by atoms with Crippen LogP contribution in [0.5, 0.6) is 0 Å². The number of benzene rings is 7. The first-order chi connectivity index (χ1) is 65.8. The molecule has 0 aliphatic heterocycles. The minimum Gasteiger partial charge on any atom is -0.478 e. The molecule has 0 aliphatic rings. The van der Waals surface area contributed by atoms with E-state index in [2.05, 4.69) is 129 Å². The van der Waals surface area contributed by atoms with Crippen LogP contribution in [0, 0.1) is 0 Å². The molecule has 10 N–H and O–H groups in total. The van der Waals surface area contributed by atoms with Gasteiger partial charge in [-0.15, -0.1) is 0 Å². The van der Waals surface area contributed by atoms with Gasteiger partial charge in [0, 0.05) is 206 Å². The van der Waals surface area contributed by atoms with Crippen molar-refractivity contribution in [3.05, 3.63) is 229 Å². The number of nitrogens with zero attached hydrogens (tertiary/aromatic N) is 16. The van der Waals surface area contributed by atoms with E-state index in [1.807, 2.05) is 109 Å². The number of aliphatic imine (C=N–C) groups is 4. The Bertz CT molecular complexity index is 6590. The number of carboxylic acid groups (broad SMARTS) is 3. The molecule has 0 bridgehead atoms. The summed E-state index contributed by atoms with van der Waals surface area (Å²) in [6.45, 7) is 23.0. The van der Waals surface area contributed by atoms with E-state index in [-0.39, 0.29) is 39.6 Å². The average Bonchev–Trinajstić information content (AvgIpc) is 0.700. The number of aromatic nitrogens is 8. The minimum atomic E-state index is -1.28. The number of carboxylic acids is 3. The van der Waals surface area contributed by atoms with E-state index in [4.69, 9.17) is 45.6 Å². The first kappa shape index (κ1) is 94.9. The van der Waals surface area contributed by atoms with Crippen molar-refractivity contribution in [2.24, 2.45) is 25.7 Å². The monoisotopic (exact) mass is 1800 g/mol. The molecule has 0 fully saturated rings. The highest BCUT2D eigenvalue weighted by molar-refractivity contribution is 6.38. The molecule has 8 heterocycles. The van der Waals surface area contributed by atoms with Gasteiger partial charge >= 0.3 is 17.9 Å². The number of hydrogen-bond donors (Lipinski definition) is 9. The maximum absolute atomic E-state index is 14.2. The van der Waals surface area contributed by atoms with Crippen molar-refractivity contribution in [3.63, 3.8) is 0 Å². The highest BCUT2D eigenvalue weighted by Gasteiger charge is 2.27. The van der Waals surface area contributed by atoms with Crippen LogP contribution in [-0.4, -0.2) is 281 Å². The van der Waals surface area contributed by atoms with Crippen molar-refractivity contribution < 1.29 is 34.5 Å². The Morgan fingerprint density at radius 2 is 0.701 bits per heavy atom. The fraction of sp³-hybridized carbons (Fsp3) is 0.314. The zero-order valence-electron chi connectivity index (χ0n) is 76.1. The number of likely N-dealkylation sites (N-methyl/N-ethyl adjacent to an activating group) is 2. The van der Waals surface area contributed by atoms with E-state index in [0.717, 1.165) is 263 Å². The van der Waals surface area contributed by atoms with Gasteiger partial charge in [0.25, 0.3) is 5.91 Å². The van der Waals surface area contributed by atoms with Gasteiger partial charge in [-0.3, -0.25) is 59.4 Å². The molecule has 8 aromatic heterocycles. The van der Waals surface area contributed by atoms with Gasteiger partial charge in [-0.25, -0.2) is 34.3 Å². The molecule has 15 aromatic rings. The number of rotatable bonds is 53. The summed E-state index contributed by atoms with van der Waals surface area (Å²) in [5.41, 5.74) is 17.1. The molecule has 688 valence electrons. The van der Waals surface area contributed by atoms with Crippen molar-refractivity contribution in [2.75, 3.05) is 157 Å². The number of nitrogens with one attached hydrogen (secondary N) is 5. The van der Waals surface area contributed by atoms with Crippen molar-refractivity contribution in [3.8, 4) is 45.6 Å². The molecule has 0 saturated heterocycles. The Morgan fingerprint density at radius 3 is 1.13 bits per heavy atom. The Balaban J connectivity index is 0.524. The standard InChI is InChI=1S/C105H116N22O7/c1-3-107-53-62-127(68-66-125(59-40-106)63-56-109-41-12-5-6-14-43-117-92-70-72-24-36-88(84-20-8-16-45-113-84)120-98(72)100-78(92)34-38-90(122-100)86-22-10-18-47-115-86)69-67-126(64-57-111-50-49-110-51-52-119-102(128)80-30-26-74-76-28-32-82(104(131)132)97-83(105(133)134)33-29-77(95(76)97)75-27-31-81(103(129)130)96(80)94(74)75)65-58-112-55-61-124(4-2)60-54-108-42-13-7-15-44-118-93-71-73-25-37-89(85-21-9-17-46-114-85)121-99(73)101-79(93)35-39-91(123-101)87-23-11-19-48-116-87/h8-11,16-39,41-48,70-71,107,110-112H,3-7,12-15,40,49-69,106H2,1-2H3,(H,119,128)(H,129,130)(H,131,132)(H,133,134). The third kappa shape index (κ3) is 24.2. The highest BCUT2D eigenvalue weighted by Crippen LogP contribution is 2.45. The largest absolute Gasteiger partial charge is 0.478 e. The topological polar surface area (TPSA) is 381 Å². The summed E-state index contributed by atoms with van der Waals surface area (Å²) in [5.74, 6) is -4.22. The quantitative estimate of drug-likeness (QED) is 0.00740. The predicted octanol–water partition coefficient (Wildman–Crippen LogP) is 15.2. The summed E-state index contributed by atoms with van der Waals surface area (Å²) < 4.78 is 0. The van der Waals surface area contributed by atoms with Crippen molar-refractivity contribution in [2.45, 2.75) is 58.8 Å². The second kappa shape index (κ2) is 48.1. The van der Waals surface area contributed by atoms with Gasteiger partial charge in [-0.05, 0) is 224 Å². The van der Waals surface area contributed by atoms with Crippen LogP contribution < -0.4 is 32.3 Å². The summed E-state index contributed by atoms with van der Waals surface area (Å²) in [6, 6.07) is 56.2. The Kier molecular flexibility index (Phi) is 34.1. The van der Waals surface area contributed by atoms with Gasteiger partial charge < -0.3 is 52.5 Å². The number of hydrogen-bond acceptors (Lipinski definition) is 25. The van der Waals surface area contributed by atoms with Gasteiger partial charge in [0.05, 0.1) is 109 Å². The molecule has 0 aliphatic carbocycles. The smallest absolute Gasteiger partial charge is 0.336 e. The third-order valence-electron chi connectivity index (χ3n) is 24.3. The summed E-state index contributed by atoms with van der Waals surface area (Å²) >= 11 is 0. The zero-order valence-corrected chi connectivity index (χ0v) is 76.1. The molecule has 7 aromatic carbocycles. The maximum atomic E-state index is 14.2. The number of unbranched alkanes of at least 4 members (excludes halogenated alkanes) is 5. The van der Waals surface area contributed by atoms with Crippen molar-refractivity contribution in [1.29, 1.82) is 0 Å². The molecule has 0 unspecified atom stereocenters. The first-order valence-corrected chi connectivity index (χ1v) is 46.6. The Labute approximate surface area is 779 Å². The molecule has 0 saturated carbocycles. The van der Waals surface area contributed by atoms with E-state index in [1.165, 1.54) is 18.2 Å². The van der Waals surface area contributed by atoms with Crippen LogP contribution in [0.15, 0.2) is 227 Å². The summed E-state index contributed by atoms with van der Waals surface area (Å²) in [5, 5.41) is 55.5. The molecule has 15 rings (SSSR count). The van der Waals surface area contributed by atoms with Gasteiger partial charge in [-0.2, -0.15) is 0 Å². The highest BCUT2D eigenvalue weighted by atomic mass is 16.4. The van der Waals surface area contributed by atoms with E-state index >= 15 is 0 Å². The number of carbonyl (C=O) groups excluding carboxylic acids is 1. The molecule has 1 amide bonds. The maximum Gasteiger partial charge on any atom is 0.336 e. The summed E-state index contributed by atoms with van der Waals surface area (Å²) in [4.78, 5) is 121. The number of aromatic carboxylic acids is 3. The second-order valence-electron chi connectivity index (χ2n) is 33.1. The van der Waals surface area contributed by atoms with Crippen molar-refractivity contribution >= 4 is 147 Å². The minimum absolute atomic E-state index is 0.0704. The lowest BCUT2D eigenvalue weighted by Crippen LogP contribution is -2.46. The first-order valence-electron chi connectivity index (χ1n) is 46.6. The molecule has 29 heteroatoms. The molecule has 29 nitrogen and oxygen atoms in total. The fourth-order valence-electron chi connectivity index (χ4n) is 17.2. The van der Waals surface area contributed by atoms with Crippen LogP contribution in [0.4, 0.5) is 11.4 Å². The van der Waals surface area contributed by atoms with Gasteiger partial charge in [0.1, 0.15) is 0 Å². The number of amides is 1. The van der Waals surface area contributed by atoms with E-state index in [0.29, 0.717) is 65.0 Å². The SMILES string of the molecule is CCNCCN(CCN(CCN)CCN=CCCCCC=Nc1cc2ccc(-c3ccccn3)nc2c2nc(-c3ccccn3)ccc12)CCN(CCNCCNCCNC(=O)c1ccc2c3ccc(C(=O)O)c4c(C(=O)O)ccc(c5ccc(C(=O)O)c1c52)c43)CCNCCN(CC)CCN=CCCCC=Nc1cc2ccc(-c3ccccn3)nc2c2nc(-c3ccccn3)ccc12. The third-order valence-corrected chi connectivity index (χ3v) is 24.3. The van der Waals surface area contributed by atoms with E-state index in [1.54, 1.807) is 55.1 Å². The number of carbonyl (C=O) groups is 4. The molecule has 0 spiro atoms. The van der Waals surface area contributed by atoms with E-state index < -0.39 is 23.8 Å². The van der Waals surface area contributed by atoms with Crippen LogP contribution in [0.3, 0.4) is 0 Å². The molecule has 134 heavy (non-hydrogen) atoms. The van der Waals surface area contributed by atoms with Gasteiger partial charge in [0.15, 0.2) is 0 Å². The van der Waals surface area contributed by atoms with Crippen LogP contribution in [0.25, 0.3) is 132 Å². The predicted molar refractivity (Wildman–Crippen MR) is 541 cm³/mol. The lowest BCUT2D eigenvalue weighted by Gasteiger charge is -2.30. The normalized spacial score (nSPS) is 12.2. The number of nitrogens with two attached hydrogens (primary N) is 1. The second-order valence-corrected chi connectivity index (χ2v) is 33.1. The summed E-state index contributed by atoms with van der Waals surface area (Å²) in [6.07, 6.45) is 21.5. The molecule has 0 radical (unpaired) electrons. The van der Waals surface area contributed by atoms with E-state index in [9.17, 15) is 34.5 Å². The van der Waals surface area contributed by atoms with Crippen LogP contribution >= 0.6 is 0 Å². The van der Waals surface area contributed by atoms with Crippen LogP contribution in [0.2, 0.25) is 0 Å². The van der Waals surface area contributed by atoms with Gasteiger partial charge in [-0.1, -0.05) is 74.5 Å². The molecular formula is C105H116N22O7. The van der Waals surface area contributed by atoms with Crippen LogP contribution in [-0.2, 0) is 0 Å². The molecule has 0 atom stereocenters. The summed E-state index contributed by atoms with van der Waals surface area (Å²) in [7, 11) is 0. The zero-order chi connectivity index (χ0) is 92.8. The Morgan fingerprint density at radius 1 is 0.343 bits per heavy atom.